The van der Waals surface area contributed by atoms with Gasteiger partial charge in [-0.2, -0.15) is 4.98 Å². The molecule has 1 saturated heterocycles. The first-order chi connectivity index (χ1) is 13.1. The van der Waals surface area contributed by atoms with Crippen LogP contribution in [0.4, 0.5) is 0 Å². The lowest BCUT2D eigenvalue weighted by molar-refractivity contribution is -0.131. The number of carbonyl (C=O) groups is 1. The highest BCUT2D eigenvalue weighted by Crippen LogP contribution is 2.33. The molecule has 4 rings (SSSR count). The molecule has 1 unspecified atom stereocenters. The van der Waals surface area contributed by atoms with Crippen LogP contribution in [0.3, 0.4) is 0 Å². The fourth-order valence-electron chi connectivity index (χ4n) is 3.42. The normalized spacial score (nSPS) is 16.7. The van der Waals surface area contributed by atoms with Gasteiger partial charge in [0, 0.05) is 17.1 Å². The minimum absolute atomic E-state index is 0.0284. The molecule has 27 heavy (non-hydrogen) atoms. The van der Waals surface area contributed by atoms with Crippen LogP contribution in [-0.4, -0.2) is 27.5 Å². The van der Waals surface area contributed by atoms with Crippen LogP contribution in [0.1, 0.15) is 35.9 Å². The second-order valence-corrected chi connectivity index (χ2v) is 7.24. The predicted octanol–water partition coefficient (Wildman–Crippen LogP) is 4.60. The molecule has 0 N–H and O–H groups in total. The average molecular weight is 382 g/mol. The van der Waals surface area contributed by atoms with Crippen molar-refractivity contribution in [1.29, 1.82) is 0 Å². The summed E-state index contributed by atoms with van der Waals surface area (Å²) in [5.74, 6) is 1.08. The molecular formula is C21H20ClN3O2. The fraction of sp³-hybridized carbons (Fsp3) is 0.286. The number of benzene rings is 2. The van der Waals surface area contributed by atoms with E-state index in [2.05, 4.69) is 10.1 Å². The number of amides is 1. The third-order valence-corrected chi connectivity index (χ3v) is 5.28. The SMILES string of the molecule is Cc1ccc(-c2noc(C3CCCN3C(=O)Cc3ccccc3Cl)n2)cc1. The summed E-state index contributed by atoms with van der Waals surface area (Å²) in [5, 5.41) is 4.72. The summed E-state index contributed by atoms with van der Waals surface area (Å²) in [6.45, 7) is 2.72. The van der Waals surface area contributed by atoms with Gasteiger partial charge < -0.3 is 9.42 Å². The third kappa shape index (κ3) is 3.74. The number of rotatable bonds is 4. The smallest absolute Gasteiger partial charge is 0.249 e. The summed E-state index contributed by atoms with van der Waals surface area (Å²) in [6, 6.07) is 15.2. The van der Waals surface area contributed by atoms with Crippen molar-refractivity contribution in [3.05, 3.63) is 70.6 Å². The minimum atomic E-state index is -0.174. The molecule has 0 bridgehead atoms. The molecule has 1 atom stereocenters. The molecule has 1 aliphatic heterocycles. The van der Waals surface area contributed by atoms with Crippen LogP contribution in [0, 0.1) is 6.92 Å². The number of halogens is 1. The average Bonchev–Trinajstić information content (AvgIpc) is 3.33. The number of aryl methyl sites for hydroxylation is 1. The van der Waals surface area contributed by atoms with Crippen molar-refractivity contribution in [2.75, 3.05) is 6.54 Å². The molecule has 1 aliphatic rings. The first kappa shape index (κ1) is 17.7. The van der Waals surface area contributed by atoms with Gasteiger partial charge in [-0.3, -0.25) is 4.79 Å². The zero-order chi connectivity index (χ0) is 18.8. The van der Waals surface area contributed by atoms with E-state index >= 15 is 0 Å². The standard InChI is InChI=1S/C21H20ClN3O2/c1-14-8-10-15(11-9-14)20-23-21(27-24-20)18-7-4-12-25(18)19(26)13-16-5-2-3-6-17(16)22/h2-3,5-6,8-11,18H,4,7,12-13H2,1H3. The van der Waals surface area contributed by atoms with Gasteiger partial charge in [-0.1, -0.05) is 64.8 Å². The van der Waals surface area contributed by atoms with Gasteiger partial charge in [0.2, 0.25) is 17.6 Å². The summed E-state index contributed by atoms with van der Waals surface area (Å²) in [5.41, 5.74) is 2.91. The molecular weight excluding hydrogens is 362 g/mol. The summed E-state index contributed by atoms with van der Waals surface area (Å²) in [7, 11) is 0. The van der Waals surface area contributed by atoms with E-state index in [-0.39, 0.29) is 18.4 Å². The Hall–Kier alpha value is -2.66. The third-order valence-electron chi connectivity index (χ3n) is 4.91. The highest BCUT2D eigenvalue weighted by molar-refractivity contribution is 6.31. The van der Waals surface area contributed by atoms with Crippen molar-refractivity contribution in [2.24, 2.45) is 0 Å². The molecule has 1 amide bonds. The van der Waals surface area contributed by atoms with E-state index in [4.69, 9.17) is 16.1 Å². The van der Waals surface area contributed by atoms with Crippen molar-refractivity contribution < 1.29 is 9.32 Å². The quantitative estimate of drug-likeness (QED) is 0.662. The van der Waals surface area contributed by atoms with Gasteiger partial charge >= 0.3 is 0 Å². The van der Waals surface area contributed by atoms with Gasteiger partial charge in [-0.05, 0) is 31.4 Å². The Kier molecular flexibility index (Phi) is 4.94. The maximum Gasteiger partial charge on any atom is 0.249 e. The highest BCUT2D eigenvalue weighted by atomic mass is 35.5. The van der Waals surface area contributed by atoms with Crippen LogP contribution in [0.5, 0.6) is 0 Å². The monoisotopic (exact) mass is 381 g/mol. The number of hydrogen-bond acceptors (Lipinski definition) is 4. The largest absolute Gasteiger partial charge is 0.337 e. The molecule has 1 fully saturated rings. The van der Waals surface area contributed by atoms with Gasteiger partial charge in [-0.15, -0.1) is 0 Å². The number of hydrogen-bond donors (Lipinski definition) is 0. The maximum absolute atomic E-state index is 12.8. The van der Waals surface area contributed by atoms with Gasteiger partial charge in [0.05, 0.1) is 6.42 Å². The molecule has 5 nitrogen and oxygen atoms in total. The second kappa shape index (κ2) is 7.53. The lowest BCUT2D eigenvalue weighted by Gasteiger charge is -2.22. The molecule has 2 aromatic carbocycles. The summed E-state index contributed by atoms with van der Waals surface area (Å²) in [4.78, 5) is 19.2. The molecule has 1 aromatic heterocycles. The van der Waals surface area contributed by atoms with Crippen LogP contribution < -0.4 is 0 Å². The number of aromatic nitrogens is 2. The van der Waals surface area contributed by atoms with Gasteiger partial charge in [0.1, 0.15) is 6.04 Å². The van der Waals surface area contributed by atoms with Crippen molar-refractivity contribution in [3.63, 3.8) is 0 Å². The maximum atomic E-state index is 12.8. The lowest BCUT2D eigenvalue weighted by Crippen LogP contribution is -2.32. The van der Waals surface area contributed by atoms with Crippen molar-refractivity contribution in [1.82, 2.24) is 15.0 Å². The molecule has 0 saturated carbocycles. The van der Waals surface area contributed by atoms with Crippen LogP contribution >= 0.6 is 11.6 Å². The molecule has 0 aliphatic carbocycles. The van der Waals surface area contributed by atoms with Gasteiger partial charge in [0.25, 0.3) is 0 Å². The molecule has 6 heteroatoms. The van der Waals surface area contributed by atoms with Crippen LogP contribution in [-0.2, 0) is 11.2 Å². The molecule has 0 spiro atoms. The molecule has 3 aromatic rings. The summed E-state index contributed by atoms with van der Waals surface area (Å²) >= 11 is 6.20. The fourth-order valence-corrected chi connectivity index (χ4v) is 3.62. The number of carbonyl (C=O) groups excluding carboxylic acids is 1. The Balaban J connectivity index is 1.52. The Bertz CT molecular complexity index is 952. The second-order valence-electron chi connectivity index (χ2n) is 6.84. The van der Waals surface area contributed by atoms with E-state index in [0.29, 0.717) is 23.3 Å². The molecule has 138 valence electrons. The van der Waals surface area contributed by atoms with Gasteiger partial charge in [-0.25, -0.2) is 0 Å². The van der Waals surface area contributed by atoms with Crippen LogP contribution in [0.15, 0.2) is 53.1 Å². The molecule has 0 radical (unpaired) electrons. The van der Waals surface area contributed by atoms with Crippen LogP contribution in [0.25, 0.3) is 11.4 Å². The summed E-state index contributed by atoms with van der Waals surface area (Å²) in [6.07, 6.45) is 2.01. The van der Waals surface area contributed by atoms with E-state index in [0.717, 1.165) is 24.0 Å². The minimum Gasteiger partial charge on any atom is -0.337 e. The molecule has 2 heterocycles. The van der Waals surface area contributed by atoms with Gasteiger partial charge in [0.15, 0.2) is 0 Å². The van der Waals surface area contributed by atoms with Crippen molar-refractivity contribution in [3.8, 4) is 11.4 Å². The Labute approximate surface area is 163 Å². The number of nitrogens with zero attached hydrogens (tertiary/aromatic N) is 3. The van der Waals surface area contributed by atoms with E-state index in [1.807, 2.05) is 54.3 Å². The zero-order valence-corrected chi connectivity index (χ0v) is 15.8. The predicted molar refractivity (Wildman–Crippen MR) is 103 cm³/mol. The summed E-state index contributed by atoms with van der Waals surface area (Å²) < 4.78 is 5.51. The zero-order valence-electron chi connectivity index (χ0n) is 15.1. The number of likely N-dealkylation sites (tertiary alicyclic amines) is 1. The van der Waals surface area contributed by atoms with E-state index in [1.54, 1.807) is 6.07 Å². The first-order valence-electron chi connectivity index (χ1n) is 9.05. The van der Waals surface area contributed by atoms with E-state index in [9.17, 15) is 4.79 Å². The van der Waals surface area contributed by atoms with Crippen LogP contribution in [0.2, 0.25) is 5.02 Å². The first-order valence-corrected chi connectivity index (χ1v) is 9.43. The van der Waals surface area contributed by atoms with E-state index in [1.165, 1.54) is 5.56 Å². The Morgan fingerprint density at radius 3 is 2.78 bits per heavy atom. The van der Waals surface area contributed by atoms with Crippen molar-refractivity contribution in [2.45, 2.75) is 32.2 Å². The topological polar surface area (TPSA) is 59.2 Å². The van der Waals surface area contributed by atoms with Crippen molar-refractivity contribution >= 4 is 17.5 Å². The Morgan fingerprint density at radius 1 is 1.22 bits per heavy atom. The Morgan fingerprint density at radius 2 is 2.00 bits per heavy atom. The van der Waals surface area contributed by atoms with E-state index < -0.39 is 0 Å². The highest BCUT2D eigenvalue weighted by Gasteiger charge is 2.34. The lowest BCUT2D eigenvalue weighted by atomic mass is 10.1.